The van der Waals surface area contributed by atoms with Crippen LogP contribution in [0.2, 0.25) is 0 Å². The van der Waals surface area contributed by atoms with Gasteiger partial charge in [0.1, 0.15) is 0 Å². The minimum absolute atomic E-state index is 0.688. The second kappa shape index (κ2) is 5.25. The summed E-state index contributed by atoms with van der Waals surface area (Å²) in [6.07, 6.45) is 7.10. The largest absolute Gasteiger partial charge is 0.317 e. The van der Waals surface area contributed by atoms with Gasteiger partial charge in [-0.2, -0.15) is 0 Å². The second-order valence-electron chi connectivity index (χ2n) is 6.45. The van der Waals surface area contributed by atoms with Crippen molar-refractivity contribution in [2.75, 3.05) is 45.8 Å². The molecular formula is C14H27N3. The number of nitrogens with zero attached hydrogens (tertiary/aromatic N) is 1. The summed E-state index contributed by atoms with van der Waals surface area (Å²) in [6, 6.07) is 0. The maximum absolute atomic E-state index is 3.54. The maximum Gasteiger partial charge on any atom is 0.00395 e. The van der Waals surface area contributed by atoms with Crippen LogP contribution in [0.1, 0.15) is 32.1 Å². The van der Waals surface area contributed by atoms with Crippen LogP contribution >= 0.6 is 0 Å². The Hall–Kier alpha value is -0.120. The summed E-state index contributed by atoms with van der Waals surface area (Å²) in [5.41, 5.74) is 0.688. The molecule has 3 fully saturated rings. The zero-order valence-corrected chi connectivity index (χ0v) is 11.0. The molecule has 3 aliphatic rings. The van der Waals surface area contributed by atoms with Crippen LogP contribution in [0.15, 0.2) is 0 Å². The van der Waals surface area contributed by atoms with Crippen LogP contribution in [0.4, 0.5) is 0 Å². The van der Waals surface area contributed by atoms with Crippen LogP contribution in [0.25, 0.3) is 0 Å². The minimum atomic E-state index is 0.688. The van der Waals surface area contributed by atoms with Crippen LogP contribution in [0, 0.1) is 11.3 Å². The van der Waals surface area contributed by atoms with E-state index in [1.54, 1.807) is 0 Å². The van der Waals surface area contributed by atoms with E-state index in [4.69, 9.17) is 0 Å². The molecule has 0 aliphatic carbocycles. The summed E-state index contributed by atoms with van der Waals surface area (Å²) in [5, 5.41) is 7.05. The van der Waals surface area contributed by atoms with Crippen LogP contribution < -0.4 is 10.6 Å². The third kappa shape index (κ3) is 2.83. The van der Waals surface area contributed by atoms with Gasteiger partial charge in [-0.25, -0.2) is 0 Å². The standard InChI is InChI=1S/C14H27N3/c1-2-13(10-16-6-1)11-17-9-5-14(12-17)3-7-15-8-4-14/h13,15-16H,1-12H2. The van der Waals surface area contributed by atoms with Gasteiger partial charge in [0.2, 0.25) is 0 Å². The highest BCUT2D eigenvalue weighted by molar-refractivity contribution is 4.93. The molecule has 1 atom stereocenters. The first-order valence-electron chi connectivity index (χ1n) is 7.50. The molecule has 0 saturated carbocycles. The molecule has 3 aliphatic heterocycles. The molecule has 0 aromatic heterocycles. The van der Waals surface area contributed by atoms with E-state index in [9.17, 15) is 0 Å². The molecular weight excluding hydrogens is 210 g/mol. The lowest BCUT2D eigenvalue weighted by atomic mass is 9.78. The van der Waals surface area contributed by atoms with Gasteiger partial charge in [0.15, 0.2) is 0 Å². The lowest BCUT2D eigenvalue weighted by molar-refractivity contribution is 0.178. The Kier molecular flexibility index (Phi) is 3.69. The smallest absolute Gasteiger partial charge is 0.00395 e. The van der Waals surface area contributed by atoms with Gasteiger partial charge in [-0.1, -0.05) is 0 Å². The van der Waals surface area contributed by atoms with E-state index in [0.29, 0.717) is 5.41 Å². The fraction of sp³-hybridized carbons (Fsp3) is 1.00. The van der Waals surface area contributed by atoms with E-state index in [-0.39, 0.29) is 0 Å². The highest BCUT2D eigenvalue weighted by Crippen LogP contribution is 2.38. The van der Waals surface area contributed by atoms with E-state index in [1.807, 2.05) is 0 Å². The molecule has 2 N–H and O–H groups in total. The van der Waals surface area contributed by atoms with Gasteiger partial charge >= 0.3 is 0 Å². The Balaban J connectivity index is 1.49. The van der Waals surface area contributed by atoms with Gasteiger partial charge in [-0.05, 0) is 76.2 Å². The molecule has 17 heavy (non-hydrogen) atoms. The van der Waals surface area contributed by atoms with Crippen molar-refractivity contribution in [1.82, 2.24) is 15.5 Å². The maximum atomic E-state index is 3.54. The third-order valence-corrected chi connectivity index (χ3v) is 5.10. The van der Waals surface area contributed by atoms with Gasteiger partial charge in [-0.15, -0.1) is 0 Å². The summed E-state index contributed by atoms with van der Waals surface area (Å²) >= 11 is 0. The molecule has 1 spiro atoms. The SMILES string of the molecule is C1CNCC(CN2CCC3(CCNCC3)C2)C1. The van der Waals surface area contributed by atoms with E-state index >= 15 is 0 Å². The van der Waals surface area contributed by atoms with Crippen molar-refractivity contribution >= 4 is 0 Å². The second-order valence-corrected chi connectivity index (χ2v) is 6.45. The van der Waals surface area contributed by atoms with E-state index in [0.717, 1.165) is 5.92 Å². The van der Waals surface area contributed by atoms with Gasteiger partial charge in [-0.3, -0.25) is 0 Å². The summed E-state index contributed by atoms with van der Waals surface area (Å²) in [6.45, 7) is 9.08. The number of likely N-dealkylation sites (tertiary alicyclic amines) is 1. The lowest BCUT2D eigenvalue weighted by Gasteiger charge is -2.34. The fourth-order valence-electron chi connectivity index (χ4n) is 3.99. The summed E-state index contributed by atoms with van der Waals surface area (Å²) < 4.78 is 0. The molecule has 0 aromatic rings. The van der Waals surface area contributed by atoms with Gasteiger partial charge < -0.3 is 15.5 Å². The molecule has 0 aromatic carbocycles. The van der Waals surface area contributed by atoms with Crippen molar-refractivity contribution in [3.8, 4) is 0 Å². The summed E-state index contributed by atoms with van der Waals surface area (Å²) in [4.78, 5) is 2.75. The van der Waals surface area contributed by atoms with Crippen molar-refractivity contribution < 1.29 is 0 Å². The van der Waals surface area contributed by atoms with Crippen molar-refractivity contribution in [3.63, 3.8) is 0 Å². The highest BCUT2D eigenvalue weighted by Gasteiger charge is 2.39. The highest BCUT2D eigenvalue weighted by atomic mass is 15.2. The average molecular weight is 237 g/mol. The molecule has 0 amide bonds. The molecule has 0 radical (unpaired) electrons. The molecule has 3 heterocycles. The normalized spacial score (nSPS) is 34.2. The van der Waals surface area contributed by atoms with Crippen LogP contribution in [0.5, 0.6) is 0 Å². The number of nitrogens with one attached hydrogen (secondary N) is 2. The van der Waals surface area contributed by atoms with Crippen molar-refractivity contribution in [1.29, 1.82) is 0 Å². The first kappa shape index (κ1) is 11.9. The predicted octanol–water partition coefficient (Wildman–Crippen LogP) is 1.06. The average Bonchev–Trinajstić information content (AvgIpc) is 2.74. The third-order valence-electron chi connectivity index (χ3n) is 5.10. The van der Waals surface area contributed by atoms with Crippen LogP contribution in [0.3, 0.4) is 0 Å². The summed E-state index contributed by atoms with van der Waals surface area (Å²) in [7, 11) is 0. The monoisotopic (exact) mass is 237 g/mol. The van der Waals surface area contributed by atoms with E-state index in [1.165, 1.54) is 77.9 Å². The predicted molar refractivity (Wildman–Crippen MR) is 71.2 cm³/mol. The van der Waals surface area contributed by atoms with Gasteiger partial charge in [0.05, 0.1) is 0 Å². The Morgan fingerprint density at radius 1 is 1.06 bits per heavy atom. The van der Waals surface area contributed by atoms with E-state index < -0.39 is 0 Å². The molecule has 3 saturated heterocycles. The molecule has 98 valence electrons. The first-order chi connectivity index (χ1) is 8.36. The molecule has 3 heteroatoms. The molecule has 0 bridgehead atoms. The Bertz CT molecular complexity index is 242. The first-order valence-corrected chi connectivity index (χ1v) is 7.50. The Labute approximate surface area is 105 Å². The number of rotatable bonds is 2. The van der Waals surface area contributed by atoms with Crippen molar-refractivity contribution in [2.24, 2.45) is 11.3 Å². The molecule has 3 rings (SSSR count). The topological polar surface area (TPSA) is 27.3 Å². The number of piperidine rings is 2. The molecule has 3 nitrogen and oxygen atoms in total. The number of hydrogen-bond donors (Lipinski definition) is 2. The Morgan fingerprint density at radius 2 is 1.94 bits per heavy atom. The zero-order valence-electron chi connectivity index (χ0n) is 11.0. The Morgan fingerprint density at radius 3 is 2.71 bits per heavy atom. The van der Waals surface area contributed by atoms with Gasteiger partial charge in [0.25, 0.3) is 0 Å². The van der Waals surface area contributed by atoms with Crippen molar-refractivity contribution in [3.05, 3.63) is 0 Å². The van der Waals surface area contributed by atoms with E-state index in [2.05, 4.69) is 15.5 Å². The van der Waals surface area contributed by atoms with Crippen LogP contribution in [-0.4, -0.2) is 50.7 Å². The lowest BCUT2D eigenvalue weighted by Crippen LogP contribution is -2.41. The molecule has 1 unspecified atom stereocenters. The van der Waals surface area contributed by atoms with Crippen molar-refractivity contribution in [2.45, 2.75) is 32.1 Å². The van der Waals surface area contributed by atoms with Crippen LogP contribution in [-0.2, 0) is 0 Å². The summed E-state index contributed by atoms with van der Waals surface area (Å²) in [5.74, 6) is 0.917. The fourth-order valence-corrected chi connectivity index (χ4v) is 3.99. The quantitative estimate of drug-likeness (QED) is 0.752. The minimum Gasteiger partial charge on any atom is -0.317 e. The number of hydrogen-bond acceptors (Lipinski definition) is 3. The zero-order chi connectivity index (χ0) is 11.6. The van der Waals surface area contributed by atoms with Gasteiger partial charge in [0, 0.05) is 13.1 Å².